The second-order valence-electron chi connectivity index (χ2n) is 3.22. The van der Waals surface area contributed by atoms with Gasteiger partial charge in [0.25, 0.3) is 0 Å². The zero-order valence-electron chi connectivity index (χ0n) is 8.68. The number of aliphatic carboxylic acids is 1. The molecule has 0 aliphatic carbocycles. The fourth-order valence-corrected chi connectivity index (χ4v) is 1.24. The average Bonchev–Trinajstić information content (AvgIpc) is 2.19. The molecule has 0 spiro atoms. The molecule has 0 aliphatic heterocycles. The van der Waals surface area contributed by atoms with Crippen LogP contribution in [0.5, 0.6) is 5.75 Å². The SMILES string of the molecule is O=C(O)Cc1cc(=O)c(OC(F)(F)F)c(CF)[nH]1. The summed E-state index contributed by atoms with van der Waals surface area (Å²) in [6, 6.07) is 0.619. The highest BCUT2D eigenvalue weighted by molar-refractivity contribution is 5.69. The summed E-state index contributed by atoms with van der Waals surface area (Å²) < 4.78 is 51.7. The first-order valence-corrected chi connectivity index (χ1v) is 4.51. The Kier molecular flexibility index (Phi) is 3.94. The number of nitrogens with one attached hydrogen (secondary N) is 1. The zero-order chi connectivity index (χ0) is 13.9. The molecule has 1 heterocycles. The highest BCUT2D eigenvalue weighted by Crippen LogP contribution is 2.23. The number of carboxylic acids is 1. The maximum absolute atomic E-state index is 12.5. The van der Waals surface area contributed by atoms with Gasteiger partial charge in [0.2, 0.25) is 5.43 Å². The summed E-state index contributed by atoms with van der Waals surface area (Å²) >= 11 is 0. The molecule has 100 valence electrons. The van der Waals surface area contributed by atoms with Crippen LogP contribution in [-0.4, -0.2) is 22.4 Å². The molecular weight excluding hydrogens is 262 g/mol. The molecule has 0 saturated heterocycles. The van der Waals surface area contributed by atoms with E-state index in [-0.39, 0.29) is 5.69 Å². The predicted molar refractivity (Wildman–Crippen MR) is 49.9 cm³/mol. The lowest BCUT2D eigenvalue weighted by Gasteiger charge is -2.11. The first-order valence-electron chi connectivity index (χ1n) is 4.51. The Bertz CT molecular complexity index is 508. The number of aromatic nitrogens is 1. The zero-order valence-corrected chi connectivity index (χ0v) is 8.68. The van der Waals surface area contributed by atoms with E-state index in [9.17, 15) is 27.2 Å². The first-order chi connectivity index (χ1) is 8.23. The number of carbonyl (C=O) groups is 1. The van der Waals surface area contributed by atoms with Gasteiger partial charge >= 0.3 is 12.3 Å². The number of rotatable bonds is 4. The van der Waals surface area contributed by atoms with E-state index in [4.69, 9.17) is 5.11 Å². The molecule has 1 aromatic rings. The minimum Gasteiger partial charge on any atom is -0.481 e. The summed E-state index contributed by atoms with van der Waals surface area (Å²) in [5.41, 5.74) is -2.21. The van der Waals surface area contributed by atoms with Crippen molar-refractivity contribution < 1.29 is 32.2 Å². The number of halogens is 4. The van der Waals surface area contributed by atoms with Gasteiger partial charge in [-0.2, -0.15) is 0 Å². The number of H-pyrrole nitrogens is 1. The van der Waals surface area contributed by atoms with Crippen molar-refractivity contribution >= 4 is 5.97 Å². The maximum atomic E-state index is 12.5. The summed E-state index contributed by atoms with van der Waals surface area (Å²) in [5.74, 6) is -2.54. The van der Waals surface area contributed by atoms with Crippen LogP contribution in [0.15, 0.2) is 10.9 Å². The first kappa shape index (κ1) is 14.0. The number of hydrogen-bond donors (Lipinski definition) is 2. The maximum Gasteiger partial charge on any atom is 0.573 e. The van der Waals surface area contributed by atoms with E-state index in [1.54, 1.807) is 0 Å². The fourth-order valence-electron chi connectivity index (χ4n) is 1.24. The summed E-state index contributed by atoms with van der Waals surface area (Å²) in [7, 11) is 0. The Hall–Kier alpha value is -2.06. The number of ether oxygens (including phenoxy) is 1. The third kappa shape index (κ3) is 3.75. The lowest BCUT2D eigenvalue weighted by Crippen LogP contribution is -2.24. The summed E-state index contributed by atoms with van der Waals surface area (Å²) in [6.45, 7) is -1.42. The molecule has 0 aromatic carbocycles. The van der Waals surface area contributed by atoms with Crippen LogP contribution in [0.2, 0.25) is 0 Å². The van der Waals surface area contributed by atoms with E-state index in [1.807, 2.05) is 0 Å². The molecular formula is C9H7F4NO4. The third-order valence-electron chi connectivity index (χ3n) is 1.81. The standard InChI is InChI=1S/C9H7F4NO4/c10-3-5-8(18-9(11,12)13)6(15)1-4(14-5)2-7(16)17/h1H,2-3H2,(H,14,15)(H,16,17). The van der Waals surface area contributed by atoms with Crippen LogP contribution in [0.25, 0.3) is 0 Å². The van der Waals surface area contributed by atoms with Crippen molar-refractivity contribution in [2.75, 3.05) is 0 Å². The van der Waals surface area contributed by atoms with Crippen LogP contribution in [0.4, 0.5) is 17.6 Å². The Morgan fingerprint density at radius 1 is 1.44 bits per heavy atom. The van der Waals surface area contributed by atoms with Gasteiger partial charge in [0.1, 0.15) is 6.67 Å². The van der Waals surface area contributed by atoms with Crippen LogP contribution in [-0.2, 0) is 17.9 Å². The van der Waals surface area contributed by atoms with Gasteiger partial charge in [-0.25, -0.2) is 4.39 Å². The Labute approximate surface area is 97.0 Å². The number of alkyl halides is 4. The van der Waals surface area contributed by atoms with E-state index in [0.717, 1.165) is 0 Å². The van der Waals surface area contributed by atoms with Crippen LogP contribution in [0.3, 0.4) is 0 Å². The third-order valence-corrected chi connectivity index (χ3v) is 1.81. The Balaban J connectivity index is 3.20. The second-order valence-corrected chi connectivity index (χ2v) is 3.22. The Morgan fingerprint density at radius 3 is 2.50 bits per heavy atom. The average molecular weight is 269 g/mol. The molecule has 0 saturated carbocycles. The molecule has 0 fully saturated rings. The van der Waals surface area contributed by atoms with Crippen LogP contribution >= 0.6 is 0 Å². The van der Waals surface area contributed by atoms with E-state index in [1.165, 1.54) is 0 Å². The van der Waals surface area contributed by atoms with Crippen molar-refractivity contribution in [1.29, 1.82) is 0 Å². The van der Waals surface area contributed by atoms with Gasteiger partial charge in [-0.05, 0) is 0 Å². The number of pyridine rings is 1. The summed E-state index contributed by atoms with van der Waals surface area (Å²) in [6.07, 6.45) is -5.78. The molecule has 5 nitrogen and oxygen atoms in total. The molecule has 0 radical (unpaired) electrons. The van der Waals surface area contributed by atoms with Crippen molar-refractivity contribution in [2.45, 2.75) is 19.5 Å². The molecule has 0 unspecified atom stereocenters. The van der Waals surface area contributed by atoms with Crippen molar-refractivity contribution in [1.82, 2.24) is 4.98 Å². The second kappa shape index (κ2) is 5.07. The Morgan fingerprint density at radius 2 is 2.06 bits per heavy atom. The number of aromatic amines is 1. The molecule has 0 aliphatic rings. The predicted octanol–water partition coefficient (Wildman–Crippen LogP) is 1.37. The van der Waals surface area contributed by atoms with Gasteiger partial charge in [0.15, 0.2) is 5.75 Å². The van der Waals surface area contributed by atoms with E-state index < -0.39 is 42.3 Å². The van der Waals surface area contributed by atoms with Gasteiger partial charge in [-0.3, -0.25) is 9.59 Å². The van der Waals surface area contributed by atoms with E-state index in [2.05, 4.69) is 9.72 Å². The molecule has 1 rings (SSSR count). The van der Waals surface area contributed by atoms with Crippen molar-refractivity contribution in [2.24, 2.45) is 0 Å². The highest BCUT2D eigenvalue weighted by atomic mass is 19.4. The van der Waals surface area contributed by atoms with Crippen LogP contribution in [0, 0.1) is 0 Å². The molecule has 0 amide bonds. The summed E-state index contributed by atoms with van der Waals surface area (Å²) in [5, 5.41) is 8.45. The van der Waals surface area contributed by atoms with Crippen LogP contribution in [0.1, 0.15) is 11.4 Å². The van der Waals surface area contributed by atoms with Crippen LogP contribution < -0.4 is 10.2 Å². The normalized spacial score (nSPS) is 11.3. The largest absolute Gasteiger partial charge is 0.573 e. The fraction of sp³-hybridized carbons (Fsp3) is 0.333. The highest BCUT2D eigenvalue weighted by Gasteiger charge is 2.33. The monoisotopic (exact) mass is 269 g/mol. The molecule has 1 aromatic heterocycles. The van der Waals surface area contributed by atoms with Crippen molar-refractivity contribution in [3.05, 3.63) is 27.7 Å². The molecule has 18 heavy (non-hydrogen) atoms. The van der Waals surface area contributed by atoms with Gasteiger partial charge in [-0.15, -0.1) is 13.2 Å². The molecule has 9 heteroatoms. The molecule has 0 bridgehead atoms. The molecule has 2 N–H and O–H groups in total. The van der Waals surface area contributed by atoms with Gasteiger partial charge < -0.3 is 14.8 Å². The lowest BCUT2D eigenvalue weighted by molar-refractivity contribution is -0.275. The number of carboxylic acid groups (broad SMARTS) is 1. The number of hydrogen-bond acceptors (Lipinski definition) is 3. The smallest absolute Gasteiger partial charge is 0.481 e. The molecule has 0 atom stereocenters. The van der Waals surface area contributed by atoms with Gasteiger partial charge in [0, 0.05) is 11.8 Å². The lowest BCUT2D eigenvalue weighted by atomic mass is 10.2. The quantitative estimate of drug-likeness (QED) is 0.809. The minimum absolute atomic E-state index is 0.213. The summed E-state index contributed by atoms with van der Waals surface area (Å²) in [4.78, 5) is 23.7. The van der Waals surface area contributed by atoms with Crippen molar-refractivity contribution in [3.8, 4) is 5.75 Å². The van der Waals surface area contributed by atoms with Gasteiger partial charge in [-0.1, -0.05) is 0 Å². The van der Waals surface area contributed by atoms with Gasteiger partial charge in [0.05, 0.1) is 12.1 Å². The minimum atomic E-state index is -5.13. The van der Waals surface area contributed by atoms with E-state index in [0.29, 0.717) is 6.07 Å². The topological polar surface area (TPSA) is 79.4 Å². The van der Waals surface area contributed by atoms with Crippen molar-refractivity contribution in [3.63, 3.8) is 0 Å². The van der Waals surface area contributed by atoms with E-state index >= 15 is 0 Å².